The lowest BCUT2D eigenvalue weighted by Gasteiger charge is -2.37. The van der Waals surface area contributed by atoms with Crippen LogP contribution < -0.4 is 5.32 Å². The van der Waals surface area contributed by atoms with Gasteiger partial charge in [-0.25, -0.2) is 14.6 Å². The summed E-state index contributed by atoms with van der Waals surface area (Å²) >= 11 is 0. The number of hydrogen-bond donors (Lipinski definition) is 3. The molecule has 1 aliphatic heterocycles. The fraction of sp³-hybridized carbons (Fsp3) is 0.643. The van der Waals surface area contributed by atoms with E-state index in [1.807, 2.05) is 6.92 Å². The van der Waals surface area contributed by atoms with Crippen LogP contribution in [0.4, 0.5) is 4.79 Å². The number of rotatable bonds is 4. The Morgan fingerprint density at radius 3 is 2.90 bits per heavy atom. The molecule has 2 rings (SSSR count). The van der Waals surface area contributed by atoms with Crippen molar-refractivity contribution in [2.75, 3.05) is 6.54 Å². The second-order valence-corrected chi connectivity index (χ2v) is 5.81. The molecule has 3 N–H and O–H groups in total. The van der Waals surface area contributed by atoms with Crippen molar-refractivity contribution in [3.05, 3.63) is 18.2 Å². The first-order chi connectivity index (χ1) is 9.97. The Morgan fingerprint density at radius 1 is 1.52 bits per heavy atom. The van der Waals surface area contributed by atoms with Crippen LogP contribution in [0.15, 0.2) is 12.5 Å². The van der Waals surface area contributed by atoms with Gasteiger partial charge in [-0.15, -0.1) is 0 Å². The number of carboxylic acids is 1. The summed E-state index contributed by atoms with van der Waals surface area (Å²) in [5.41, 5.74) is 0.683. The number of likely N-dealkylation sites (tertiary alicyclic amines) is 1. The van der Waals surface area contributed by atoms with Crippen molar-refractivity contribution in [3.8, 4) is 0 Å². The molecule has 0 aliphatic carbocycles. The van der Waals surface area contributed by atoms with E-state index in [-0.39, 0.29) is 18.5 Å². The number of amides is 2. The number of hydrogen-bond acceptors (Lipinski definition) is 3. The highest BCUT2D eigenvalue weighted by atomic mass is 16.4. The largest absolute Gasteiger partial charge is 0.480 e. The number of aromatic nitrogens is 2. The first-order valence-electron chi connectivity index (χ1n) is 7.24. The summed E-state index contributed by atoms with van der Waals surface area (Å²) in [6.07, 6.45) is 5.30. The summed E-state index contributed by atoms with van der Waals surface area (Å²) in [5, 5.41) is 11.9. The van der Waals surface area contributed by atoms with Gasteiger partial charge in [0.25, 0.3) is 0 Å². The van der Waals surface area contributed by atoms with Crippen LogP contribution in [0, 0.1) is 5.92 Å². The number of aliphatic carboxylic acids is 1. The van der Waals surface area contributed by atoms with Gasteiger partial charge >= 0.3 is 12.0 Å². The number of piperidine rings is 1. The second-order valence-electron chi connectivity index (χ2n) is 5.81. The lowest BCUT2D eigenvalue weighted by molar-refractivity contribution is -0.139. The average molecular weight is 294 g/mol. The minimum absolute atomic E-state index is 0.141. The molecule has 2 amide bonds. The zero-order chi connectivity index (χ0) is 15.4. The molecule has 21 heavy (non-hydrogen) atoms. The van der Waals surface area contributed by atoms with Gasteiger partial charge < -0.3 is 20.3 Å². The van der Waals surface area contributed by atoms with Crippen LogP contribution in [0.1, 0.15) is 32.4 Å². The molecule has 1 aliphatic rings. The van der Waals surface area contributed by atoms with Gasteiger partial charge in [-0.3, -0.25) is 0 Å². The van der Waals surface area contributed by atoms with E-state index in [4.69, 9.17) is 0 Å². The summed E-state index contributed by atoms with van der Waals surface area (Å²) < 4.78 is 0. The molecule has 116 valence electrons. The highest BCUT2D eigenvalue weighted by Crippen LogP contribution is 2.21. The Kier molecular flexibility index (Phi) is 4.82. The summed E-state index contributed by atoms with van der Waals surface area (Å²) in [5.74, 6) is -0.599. The fourth-order valence-electron chi connectivity index (χ4n) is 2.62. The third-order valence-electron chi connectivity index (χ3n) is 3.95. The van der Waals surface area contributed by atoms with Crippen molar-refractivity contribution in [3.63, 3.8) is 0 Å². The second kappa shape index (κ2) is 6.60. The van der Waals surface area contributed by atoms with Gasteiger partial charge in [0.2, 0.25) is 0 Å². The van der Waals surface area contributed by atoms with E-state index in [2.05, 4.69) is 22.2 Å². The van der Waals surface area contributed by atoms with E-state index in [1.165, 1.54) is 6.33 Å². The number of aromatic amines is 1. The van der Waals surface area contributed by atoms with Crippen molar-refractivity contribution in [2.45, 2.75) is 45.2 Å². The van der Waals surface area contributed by atoms with Crippen LogP contribution in [0.25, 0.3) is 0 Å². The van der Waals surface area contributed by atoms with Crippen LogP contribution in [0.2, 0.25) is 0 Å². The monoisotopic (exact) mass is 294 g/mol. The lowest BCUT2D eigenvalue weighted by Crippen LogP contribution is -2.54. The van der Waals surface area contributed by atoms with E-state index in [0.29, 0.717) is 18.2 Å². The quantitative estimate of drug-likeness (QED) is 0.778. The molecule has 7 heteroatoms. The van der Waals surface area contributed by atoms with Gasteiger partial charge in [-0.05, 0) is 25.7 Å². The summed E-state index contributed by atoms with van der Waals surface area (Å²) in [6.45, 7) is 4.77. The number of carboxylic acid groups (broad SMARTS) is 1. The molecule has 3 unspecified atom stereocenters. The highest BCUT2D eigenvalue weighted by Gasteiger charge is 2.30. The third-order valence-corrected chi connectivity index (χ3v) is 3.95. The number of carbonyl (C=O) groups is 2. The van der Waals surface area contributed by atoms with Crippen LogP contribution in [-0.4, -0.2) is 50.6 Å². The molecule has 1 saturated heterocycles. The molecule has 0 spiro atoms. The van der Waals surface area contributed by atoms with Gasteiger partial charge in [0, 0.05) is 30.9 Å². The fourth-order valence-corrected chi connectivity index (χ4v) is 2.62. The number of imidazole rings is 1. The minimum atomic E-state index is -1.05. The molecule has 7 nitrogen and oxygen atoms in total. The van der Waals surface area contributed by atoms with E-state index < -0.39 is 12.0 Å². The summed E-state index contributed by atoms with van der Waals surface area (Å²) in [7, 11) is 0. The van der Waals surface area contributed by atoms with Crippen molar-refractivity contribution in [2.24, 2.45) is 5.92 Å². The zero-order valence-electron chi connectivity index (χ0n) is 12.4. The molecule has 0 aromatic carbocycles. The molecule has 3 atom stereocenters. The van der Waals surface area contributed by atoms with E-state index in [1.54, 1.807) is 11.1 Å². The first kappa shape index (κ1) is 15.3. The highest BCUT2D eigenvalue weighted by molar-refractivity contribution is 5.83. The summed E-state index contributed by atoms with van der Waals surface area (Å²) in [4.78, 5) is 32.1. The van der Waals surface area contributed by atoms with Crippen molar-refractivity contribution >= 4 is 12.0 Å². The normalized spacial score (nSPS) is 23.6. The molecule has 0 bridgehead atoms. The smallest absolute Gasteiger partial charge is 0.326 e. The molecular weight excluding hydrogens is 272 g/mol. The molecule has 1 aromatic rings. The number of nitrogens with one attached hydrogen (secondary N) is 2. The number of carbonyl (C=O) groups excluding carboxylic acids is 1. The molecule has 1 aromatic heterocycles. The SMILES string of the molecule is CC1CCC(C)N(C(=O)NC(Cc2cnc[nH]2)C(=O)O)C1. The van der Waals surface area contributed by atoms with Gasteiger partial charge in [-0.2, -0.15) is 0 Å². The molecule has 1 fully saturated rings. The average Bonchev–Trinajstić information content (AvgIpc) is 2.93. The maximum atomic E-state index is 12.3. The Morgan fingerprint density at radius 2 is 2.29 bits per heavy atom. The molecule has 0 radical (unpaired) electrons. The topological polar surface area (TPSA) is 98.3 Å². The Balaban J connectivity index is 1.99. The summed E-state index contributed by atoms with van der Waals surface area (Å²) in [6, 6.07) is -1.12. The Labute approximate surface area is 123 Å². The third kappa shape index (κ3) is 3.96. The first-order valence-corrected chi connectivity index (χ1v) is 7.24. The zero-order valence-corrected chi connectivity index (χ0v) is 12.4. The van der Waals surface area contributed by atoms with Crippen LogP contribution >= 0.6 is 0 Å². The van der Waals surface area contributed by atoms with Gasteiger partial charge in [0.15, 0.2) is 0 Å². The Hall–Kier alpha value is -2.05. The molecular formula is C14H22N4O3. The van der Waals surface area contributed by atoms with Crippen molar-refractivity contribution in [1.29, 1.82) is 0 Å². The van der Waals surface area contributed by atoms with Gasteiger partial charge in [0.1, 0.15) is 6.04 Å². The maximum absolute atomic E-state index is 12.3. The van der Waals surface area contributed by atoms with Crippen LogP contribution in [0.3, 0.4) is 0 Å². The molecule has 2 heterocycles. The van der Waals surface area contributed by atoms with E-state index >= 15 is 0 Å². The van der Waals surface area contributed by atoms with Crippen molar-refractivity contribution < 1.29 is 14.7 Å². The minimum Gasteiger partial charge on any atom is -0.480 e. The van der Waals surface area contributed by atoms with Crippen molar-refractivity contribution in [1.82, 2.24) is 20.2 Å². The number of nitrogens with zero attached hydrogens (tertiary/aromatic N) is 2. The van der Waals surface area contributed by atoms with Crippen LogP contribution in [-0.2, 0) is 11.2 Å². The number of H-pyrrole nitrogens is 1. The predicted octanol–water partition coefficient (Wildman–Crippen LogP) is 1.24. The number of urea groups is 1. The van der Waals surface area contributed by atoms with Gasteiger partial charge in [-0.1, -0.05) is 6.92 Å². The molecule has 0 saturated carbocycles. The lowest BCUT2D eigenvalue weighted by atomic mass is 9.95. The van der Waals surface area contributed by atoms with Crippen LogP contribution in [0.5, 0.6) is 0 Å². The maximum Gasteiger partial charge on any atom is 0.326 e. The standard InChI is InChI=1S/C14H22N4O3/c1-9-3-4-10(2)18(7-9)14(21)17-12(13(19)20)5-11-6-15-8-16-11/h6,8-10,12H,3-5,7H2,1-2H3,(H,15,16)(H,17,21)(H,19,20). The van der Waals surface area contributed by atoms with E-state index in [9.17, 15) is 14.7 Å². The van der Waals surface area contributed by atoms with Gasteiger partial charge in [0.05, 0.1) is 6.33 Å². The Bertz CT molecular complexity index is 488. The predicted molar refractivity (Wildman–Crippen MR) is 76.8 cm³/mol. The van der Waals surface area contributed by atoms with E-state index in [0.717, 1.165) is 12.8 Å².